The molecule has 9 heteroatoms. The first-order valence-corrected chi connectivity index (χ1v) is 9.96. The molecule has 0 radical (unpaired) electrons. The van der Waals surface area contributed by atoms with Crippen LogP contribution in [0.25, 0.3) is 10.2 Å². The van der Waals surface area contributed by atoms with Crippen LogP contribution in [0.15, 0.2) is 45.8 Å². The molecule has 0 saturated heterocycles. The van der Waals surface area contributed by atoms with Gasteiger partial charge in [0.1, 0.15) is 5.75 Å². The van der Waals surface area contributed by atoms with Crippen molar-refractivity contribution < 1.29 is 9.53 Å². The average Bonchev–Trinajstić information content (AvgIpc) is 3.02. The van der Waals surface area contributed by atoms with Crippen LogP contribution < -0.4 is 10.2 Å². The molecule has 0 atom stereocenters. The van der Waals surface area contributed by atoms with Crippen molar-refractivity contribution >= 4 is 68.6 Å². The van der Waals surface area contributed by atoms with E-state index in [2.05, 4.69) is 15.5 Å². The Morgan fingerprint density at radius 2 is 2.19 bits per heavy atom. The molecule has 26 heavy (non-hydrogen) atoms. The summed E-state index contributed by atoms with van der Waals surface area (Å²) in [5, 5.41) is 4.76. The maximum atomic E-state index is 12.0. The van der Waals surface area contributed by atoms with E-state index in [1.54, 1.807) is 23.5 Å². The fourth-order valence-corrected chi connectivity index (χ4v) is 4.58. The van der Waals surface area contributed by atoms with Crippen LogP contribution in [0.3, 0.4) is 0 Å². The van der Waals surface area contributed by atoms with Gasteiger partial charge < -0.3 is 4.74 Å². The van der Waals surface area contributed by atoms with Gasteiger partial charge >= 0.3 is 0 Å². The molecule has 0 fully saturated rings. The molecule has 3 aromatic rings. The third kappa shape index (κ3) is 4.67. The molecule has 3 rings (SSSR count). The van der Waals surface area contributed by atoms with Gasteiger partial charge in [-0.1, -0.05) is 47.1 Å². The maximum Gasteiger partial charge on any atom is 0.250 e. The standard InChI is InChI=1S/C17H13Cl2N3O2S2/c1-24-16-10(6-11(18)7-12(16)19)8-20-22-15(23)9-25-17-21-13-4-2-3-5-14(13)26-17/h2-8H,9H2,1H3,(H,22,23)/b20-8+. The van der Waals surface area contributed by atoms with E-state index in [1.165, 1.54) is 25.1 Å². The number of ether oxygens (including phenoxy) is 1. The highest BCUT2D eigenvalue weighted by Crippen LogP contribution is 2.31. The number of nitrogens with zero attached hydrogens (tertiary/aromatic N) is 2. The van der Waals surface area contributed by atoms with Gasteiger partial charge in [-0.15, -0.1) is 11.3 Å². The number of fused-ring (bicyclic) bond motifs is 1. The highest BCUT2D eigenvalue weighted by Gasteiger charge is 2.09. The van der Waals surface area contributed by atoms with Crippen molar-refractivity contribution in [3.63, 3.8) is 0 Å². The van der Waals surface area contributed by atoms with E-state index in [4.69, 9.17) is 27.9 Å². The van der Waals surface area contributed by atoms with Crippen LogP contribution in [-0.4, -0.2) is 30.0 Å². The van der Waals surface area contributed by atoms with E-state index in [9.17, 15) is 4.79 Å². The van der Waals surface area contributed by atoms with Gasteiger partial charge in [0, 0.05) is 10.6 Å². The minimum atomic E-state index is -0.238. The topological polar surface area (TPSA) is 63.6 Å². The fourth-order valence-electron chi connectivity index (χ4n) is 2.14. The van der Waals surface area contributed by atoms with Crippen molar-refractivity contribution in [3.8, 4) is 5.75 Å². The first-order chi connectivity index (χ1) is 12.6. The molecule has 134 valence electrons. The molecule has 0 unspecified atom stereocenters. The lowest BCUT2D eigenvalue weighted by atomic mass is 10.2. The summed E-state index contributed by atoms with van der Waals surface area (Å²) in [6.45, 7) is 0. The smallest absolute Gasteiger partial charge is 0.250 e. The first kappa shape index (κ1) is 19.0. The van der Waals surface area contributed by atoms with E-state index in [-0.39, 0.29) is 11.7 Å². The monoisotopic (exact) mass is 425 g/mol. The van der Waals surface area contributed by atoms with Crippen LogP contribution in [0.2, 0.25) is 10.0 Å². The van der Waals surface area contributed by atoms with E-state index >= 15 is 0 Å². The predicted octanol–water partition coefficient (Wildman–Crippen LogP) is 4.85. The van der Waals surface area contributed by atoms with Crippen LogP contribution >= 0.6 is 46.3 Å². The Hall–Kier alpha value is -1.80. The number of nitrogens with one attached hydrogen (secondary N) is 1. The lowest BCUT2D eigenvalue weighted by Gasteiger charge is -2.07. The molecular weight excluding hydrogens is 413 g/mol. The van der Waals surface area contributed by atoms with E-state index in [0.29, 0.717) is 21.4 Å². The van der Waals surface area contributed by atoms with Crippen LogP contribution in [0.1, 0.15) is 5.56 Å². The Bertz CT molecular complexity index is 943. The van der Waals surface area contributed by atoms with Gasteiger partial charge in [-0.3, -0.25) is 4.79 Å². The zero-order valence-corrected chi connectivity index (χ0v) is 16.7. The zero-order chi connectivity index (χ0) is 18.5. The summed E-state index contributed by atoms with van der Waals surface area (Å²) in [5.74, 6) is 0.417. The number of para-hydroxylation sites is 1. The number of aromatic nitrogens is 1. The van der Waals surface area contributed by atoms with Gasteiger partial charge in [-0.2, -0.15) is 5.10 Å². The van der Waals surface area contributed by atoms with Gasteiger partial charge in [0.15, 0.2) is 4.34 Å². The Labute approximate surface area is 168 Å². The molecule has 1 N–H and O–H groups in total. The number of halogens is 2. The third-order valence-electron chi connectivity index (χ3n) is 3.24. The van der Waals surface area contributed by atoms with Crippen molar-refractivity contribution in [1.82, 2.24) is 10.4 Å². The van der Waals surface area contributed by atoms with Crippen LogP contribution in [0, 0.1) is 0 Å². The second-order valence-electron chi connectivity index (χ2n) is 5.04. The summed E-state index contributed by atoms with van der Waals surface area (Å²) < 4.78 is 7.15. The number of carbonyl (C=O) groups excluding carboxylic acids is 1. The summed E-state index contributed by atoms with van der Waals surface area (Å²) in [4.78, 5) is 16.4. The van der Waals surface area contributed by atoms with Crippen LogP contribution in [0.5, 0.6) is 5.75 Å². The number of rotatable bonds is 6. The molecule has 2 aromatic carbocycles. The van der Waals surface area contributed by atoms with Gasteiger partial charge in [-0.05, 0) is 24.3 Å². The molecule has 0 aliphatic rings. The lowest BCUT2D eigenvalue weighted by Crippen LogP contribution is -2.19. The fraction of sp³-hybridized carbons (Fsp3) is 0.118. The Balaban J connectivity index is 1.58. The minimum Gasteiger partial charge on any atom is -0.495 e. The number of carbonyl (C=O) groups is 1. The van der Waals surface area contributed by atoms with E-state index < -0.39 is 0 Å². The highest BCUT2D eigenvalue weighted by atomic mass is 35.5. The van der Waals surface area contributed by atoms with Gasteiger partial charge in [0.25, 0.3) is 5.91 Å². The van der Waals surface area contributed by atoms with Gasteiger partial charge in [0.2, 0.25) is 0 Å². The maximum absolute atomic E-state index is 12.0. The number of thioether (sulfide) groups is 1. The number of thiazole rings is 1. The predicted molar refractivity (Wildman–Crippen MR) is 109 cm³/mol. The van der Waals surface area contributed by atoms with E-state index in [1.807, 2.05) is 24.3 Å². The number of hydrogen-bond acceptors (Lipinski definition) is 6. The Morgan fingerprint density at radius 1 is 1.38 bits per heavy atom. The largest absolute Gasteiger partial charge is 0.495 e. The van der Waals surface area contributed by atoms with Crippen molar-refractivity contribution in [1.29, 1.82) is 0 Å². The first-order valence-electron chi connectivity index (χ1n) is 7.40. The minimum absolute atomic E-state index is 0.213. The summed E-state index contributed by atoms with van der Waals surface area (Å²) in [5.41, 5.74) is 3.98. The van der Waals surface area contributed by atoms with E-state index in [0.717, 1.165) is 14.6 Å². The molecule has 0 spiro atoms. The third-order valence-corrected chi connectivity index (χ3v) is 5.91. The molecular formula is C17H13Cl2N3O2S2. The second-order valence-corrected chi connectivity index (χ2v) is 8.14. The molecule has 1 amide bonds. The van der Waals surface area contributed by atoms with Crippen molar-refractivity contribution in [2.75, 3.05) is 12.9 Å². The lowest BCUT2D eigenvalue weighted by molar-refractivity contribution is -0.118. The Kier molecular flexibility index (Phi) is 6.37. The molecule has 0 aliphatic carbocycles. The van der Waals surface area contributed by atoms with Gasteiger partial charge in [0.05, 0.1) is 34.3 Å². The van der Waals surface area contributed by atoms with Crippen molar-refractivity contribution in [3.05, 3.63) is 52.0 Å². The Morgan fingerprint density at radius 3 is 2.96 bits per heavy atom. The van der Waals surface area contributed by atoms with Crippen molar-refractivity contribution in [2.45, 2.75) is 4.34 Å². The molecule has 1 heterocycles. The number of hydrazone groups is 1. The molecule has 5 nitrogen and oxygen atoms in total. The van der Waals surface area contributed by atoms with Crippen molar-refractivity contribution in [2.24, 2.45) is 5.10 Å². The molecule has 0 saturated carbocycles. The van der Waals surface area contributed by atoms with Crippen LogP contribution in [0.4, 0.5) is 0 Å². The highest BCUT2D eigenvalue weighted by molar-refractivity contribution is 8.01. The van der Waals surface area contributed by atoms with Crippen LogP contribution in [-0.2, 0) is 4.79 Å². The number of benzene rings is 2. The molecule has 1 aromatic heterocycles. The molecule has 0 aliphatic heterocycles. The summed E-state index contributed by atoms with van der Waals surface area (Å²) >= 11 is 15.0. The summed E-state index contributed by atoms with van der Waals surface area (Å²) in [6, 6.07) is 11.1. The normalized spacial score (nSPS) is 11.2. The zero-order valence-electron chi connectivity index (χ0n) is 13.5. The number of hydrogen-bond donors (Lipinski definition) is 1. The average molecular weight is 426 g/mol. The summed E-state index contributed by atoms with van der Waals surface area (Å²) in [6.07, 6.45) is 1.44. The summed E-state index contributed by atoms with van der Waals surface area (Å²) in [7, 11) is 1.50. The van der Waals surface area contributed by atoms with Gasteiger partial charge in [-0.25, -0.2) is 10.4 Å². The quantitative estimate of drug-likeness (QED) is 0.348. The number of methoxy groups -OCH3 is 1. The SMILES string of the molecule is COc1c(Cl)cc(Cl)cc1/C=N/NC(=O)CSc1nc2ccccc2s1. The molecule has 0 bridgehead atoms. The second kappa shape index (κ2) is 8.73. The number of amides is 1.